The van der Waals surface area contributed by atoms with Gasteiger partial charge in [-0.1, -0.05) is 6.07 Å². The van der Waals surface area contributed by atoms with Crippen LogP contribution in [0.2, 0.25) is 0 Å². The fraction of sp³-hybridized carbons (Fsp3) is 0.133. The molecule has 0 aliphatic rings. The Morgan fingerprint density at radius 2 is 1.95 bits per heavy atom. The van der Waals surface area contributed by atoms with Gasteiger partial charge in [0.2, 0.25) is 0 Å². The van der Waals surface area contributed by atoms with E-state index in [9.17, 15) is 9.18 Å². The molecule has 0 saturated heterocycles. The zero-order valence-corrected chi connectivity index (χ0v) is 11.4. The molecule has 0 radical (unpaired) electrons. The van der Waals surface area contributed by atoms with Crippen molar-refractivity contribution in [2.45, 2.75) is 0 Å². The van der Waals surface area contributed by atoms with Crippen LogP contribution in [0.25, 0.3) is 0 Å². The maximum Gasteiger partial charge on any atom is 0.255 e. The zero-order chi connectivity index (χ0) is 14.7. The lowest BCUT2D eigenvalue weighted by Gasteiger charge is -2.16. The molecule has 0 bridgehead atoms. The molecule has 3 N–H and O–H groups in total. The van der Waals surface area contributed by atoms with Gasteiger partial charge in [0.1, 0.15) is 5.82 Å². The van der Waals surface area contributed by atoms with Crippen molar-refractivity contribution in [3.8, 4) is 0 Å². The summed E-state index contributed by atoms with van der Waals surface area (Å²) < 4.78 is 13.2. The molecule has 0 unspecified atom stereocenters. The molecule has 0 aromatic heterocycles. The number of nitrogens with two attached hydrogens (primary N) is 1. The van der Waals surface area contributed by atoms with E-state index in [1.807, 2.05) is 0 Å². The Balaban J connectivity index is 2.39. The van der Waals surface area contributed by atoms with Gasteiger partial charge in [-0.25, -0.2) is 4.39 Å². The molecule has 0 fully saturated rings. The van der Waals surface area contributed by atoms with E-state index < -0.39 is 0 Å². The highest BCUT2D eigenvalue weighted by atomic mass is 19.1. The number of nitrogen functional groups attached to an aromatic ring is 1. The zero-order valence-electron chi connectivity index (χ0n) is 11.4. The van der Waals surface area contributed by atoms with E-state index in [-0.39, 0.29) is 11.7 Å². The molecule has 4 nitrogen and oxygen atoms in total. The van der Waals surface area contributed by atoms with Gasteiger partial charge in [0, 0.05) is 25.5 Å². The van der Waals surface area contributed by atoms with Crippen molar-refractivity contribution in [1.82, 2.24) is 4.90 Å². The molecule has 2 aromatic rings. The number of halogens is 1. The maximum absolute atomic E-state index is 13.2. The summed E-state index contributed by atoms with van der Waals surface area (Å²) in [7, 11) is 3.34. The van der Waals surface area contributed by atoms with Gasteiger partial charge in [-0.3, -0.25) is 4.79 Å². The first-order chi connectivity index (χ1) is 9.47. The van der Waals surface area contributed by atoms with Crippen LogP contribution >= 0.6 is 0 Å². The third kappa shape index (κ3) is 3.06. The number of anilines is 3. The van der Waals surface area contributed by atoms with E-state index in [1.54, 1.807) is 44.4 Å². The third-order valence-corrected chi connectivity index (χ3v) is 2.78. The molecule has 104 valence electrons. The van der Waals surface area contributed by atoms with E-state index in [2.05, 4.69) is 5.32 Å². The van der Waals surface area contributed by atoms with Crippen LogP contribution in [-0.4, -0.2) is 24.9 Å². The van der Waals surface area contributed by atoms with Crippen LogP contribution in [0, 0.1) is 5.82 Å². The van der Waals surface area contributed by atoms with Gasteiger partial charge in [-0.2, -0.15) is 0 Å². The van der Waals surface area contributed by atoms with Crippen LogP contribution < -0.4 is 11.1 Å². The van der Waals surface area contributed by atoms with Gasteiger partial charge in [-0.05, 0) is 36.4 Å². The molecule has 2 aromatic carbocycles. The van der Waals surface area contributed by atoms with Crippen LogP contribution in [0.4, 0.5) is 21.5 Å². The van der Waals surface area contributed by atoms with Gasteiger partial charge >= 0.3 is 0 Å². The summed E-state index contributed by atoms with van der Waals surface area (Å²) in [6.07, 6.45) is 0. The molecule has 1 amide bonds. The summed E-state index contributed by atoms with van der Waals surface area (Å²) in [5.41, 5.74) is 7.86. The number of carbonyl (C=O) groups is 1. The topological polar surface area (TPSA) is 58.4 Å². The first-order valence-electron chi connectivity index (χ1n) is 6.11. The average Bonchev–Trinajstić information content (AvgIpc) is 2.38. The highest BCUT2D eigenvalue weighted by molar-refractivity contribution is 6.00. The molecule has 0 aliphatic heterocycles. The smallest absolute Gasteiger partial charge is 0.255 e. The summed E-state index contributed by atoms with van der Waals surface area (Å²) >= 11 is 0. The van der Waals surface area contributed by atoms with Crippen molar-refractivity contribution in [2.24, 2.45) is 0 Å². The van der Waals surface area contributed by atoms with E-state index in [4.69, 9.17) is 5.73 Å². The van der Waals surface area contributed by atoms with Crippen molar-refractivity contribution in [1.29, 1.82) is 0 Å². The highest BCUT2D eigenvalue weighted by Gasteiger charge is 2.13. The number of hydrogen-bond acceptors (Lipinski definition) is 3. The maximum atomic E-state index is 13.2. The lowest BCUT2D eigenvalue weighted by atomic mass is 10.1. The number of amides is 1. The monoisotopic (exact) mass is 273 g/mol. The predicted octanol–water partition coefficient (Wildman–Crippen LogP) is 2.85. The Bertz CT molecular complexity index is 641. The number of carbonyl (C=O) groups excluding carboxylic acids is 1. The molecule has 0 heterocycles. The van der Waals surface area contributed by atoms with Gasteiger partial charge in [0.25, 0.3) is 5.91 Å². The predicted molar refractivity (Wildman–Crippen MR) is 78.6 cm³/mol. The lowest BCUT2D eigenvalue weighted by molar-refractivity contribution is 0.0828. The molecule has 2 rings (SSSR count). The summed E-state index contributed by atoms with van der Waals surface area (Å²) in [4.78, 5) is 13.6. The quantitative estimate of drug-likeness (QED) is 0.845. The van der Waals surface area contributed by atoms with E-state index in [0.29, 0.717) is 22.6 Å². The molecule has 0 aliphatic carbocycles. The Morgan fingerprint density at radius 1 is 1.20 bits per heavy atom. The van der Waals surface area contributed by atoms with Gasteiger partial charge in [0.05, 0.1) is 11.3 Å². The van der Waals surface area contributed by atoms with Gasteiger partial charge in [0.15, 0.2) is 0 Å². The Morgan fingerprint density at radius 3 is 2.60 bits per heavy atom. The number of hydrogen-bond donors (Lipinski definition) is 2. The van der Waals surface area contributed by atoms with E-state index >= 15 is 0 Å². The highest BCUT2D eigenvalue weighted by Crippen LogP contribution is 2.24. The molecule has 0 atom stereocenters. The number of benzene rings is 2. The van der Waals surface area contributed by atoms with Crippen molar-refractivity contribution in [2.75, 3.05) is 25.1 Å². The summed E-state index contributed by atoms with van der Waals surface area (Å²) in [5, 5.41) is 3.02. The van der Waals surface area contributed by atoms with Crippen molar-refractivity contribution in [3.05, 3.63) is 53.8 Å². The largest absolute Gasteiger partial charge is 0.399 e. The molecule has 20 heavy (non-hydrogen) atoms. The normalized spacial score (nSPS) is 10.2. The molecular formula is C15H16FN3O. The van der Waals surface area contributed by atoms with Crippen LogP contribution in [0.1, 0.15) is 10.4 Å². The number of nitrogens with one attached hydrogen (secondary N) is 1. The van der Waals surface area contributed by atoms with Crippen molar-refractivity contribution < 1.29 is 9.18 Å². The van der Waals surface area contributed by atoms with Crippen LogP contribution in [0.3, 0.4) is 0 Å². The summed E-state index contributed by atoms with van der Waals surface area (Å²) in [5.74, 6) is -0.497. The second kappa shape index (κ2) is 5.61. The molecule has 0 spiro atoms. The summed E-state index contributed by atoms with van der Waals surface area (Å²) in [6, 6.07) is 11.0. The third-order valence-electron chi connectivity index (χ3n) is 2.78. The van der Waals surface area contributed by atoms with Crippen molar-refractivity contribution in [3.63, 3.8) is 0 Å². The average molecular weight is 273 g/mol. The van der Waals surface area contributed by atoms with Crippen LogP contribution in [-0.2, 0) is 0 Å². The van der Waals surface area contributed by atoms with Crippen LogP contribution in [0.15, 0.2) is 42.5 Å². The molecular weight excluding hydrogens is 257 g/mol. The fourth-order valence-corrected chi connectivity index (χ4v) is 1.81. The second-order valence-electron chi connectivity index (χ2n) is 4.64. The van der Waals surface area contributed by atoms with Gasteiger partial charge < -0.3 is 16.0 Å². The minimum atomic E-state index is -0.348. The SMILES string of the molecule is CN(C)C(=O)c1ccc(N)cc1Nc1cccc(F)c1. The van der Waals surface area contributed by atoms with Crippen molar-refractivity contribution >= 4 is 23.0 Å². The van der Waals surface area contributed by atoms with Crippen LogP contribution in [0.5, 0.6) is 0 Å². The Hall–Kier alpha value is -2.56. The van der Waals surface area contributed by atoms with Gasteiger partial charge in [-0.15, -0.1) is 0 Å². The second-order valence-corrected chi connectivity index (χ2v) is 4.64. The number of nitrogens with zero attached hydrogens (tertiary/aromatic N) is 1. The lowest BCUT2D eigenvalue weighted by Crippen LogP contribution is -2.22. The molecule has 0 saturated carbocycles. The van der Waals surface area contributed by atoms with E-state index in [0.717, 1.165) is 0 Å². The first-order valence-corrected chi connectivity index (χ1v) is 6.11. The Labute approximate surface area is 117 Å². The minimum Gasteiger partial charge on any atom is -0.399 e. The summed E-state index contributed by atoms with van der Waals surface area (Å²) in [6.45, 7) is 0. The Kier molecular flexibility index (Phi) is 3.89. The number of rotatable bonds is 3. The minimum absolute atomic E-state index is 0.149. The first kappa shape index (κ1) is 13.9. The fourth-order valence-electron chi connectivity index (χ4n) is 1.81. The van der Waals surface area contributed by atoms with E-state index in [1.165, 1.54) is 17.0 Å². The standard InChI is InChI=1S/C15H16FN3O/c1-19(2)15(20)13-7-6-11(17)9-14(13)18-12-5-3-4-10(16)8-12/h3-9,18H,17H2,1-2H3. The molecule has 5 heteroatoms.